The van der Waals surface area contributed by atoms with Crippen LogP contribution in [0.15, 0.2) is 97.1 Å². The molecule has 2 unspecified atom stereocenters. The summed E-state index contributed by atoms with van der Waals surface area (Å²) in [5.41, 5.74) is 0.782. The van der Waals surface area contributed by atoms with Crippen molar-refractivity contribution in [3.8, 4) is 23.0 Å². The molecule has 2 N–H and O–H groups in total. The van der Waals surface area contributed by atoms with E-state index in [4.69, 9.17) is 9.47 Å². The van der Waals surface area contributed by atoms with Gasteiger partial charge in [0, 0.05) is 33.1 Å². The molecule has 0 spiro atoms. The first-order valence-corrected chi connectivity index (χ1v) is 13.0. The van der Waals surface area contributed by atoms with Crippen molar-refractivity contribution in [1.82, 2.24) is 0 Å². The number of hydrogen-bond donors (Lipinski definition) is 2. The summed E-state index contributed by atoms with van der Waals surface area (Å²) in [7, 11) is 0. The number of para-hydroxylation sites is 4. The minimum Gasteiger partial charge on any atom is -0.481 e. The van der Waals surface area contributed by atoms with Gasteiger partial charge in [-0.15, -0.1) is 0 Å². The zero-order chi connectivity index (χ0) is 27.4. The van der Waals surface area contributed by atoms with Crippen LogP contribution in [0.3, 0.4) is 0 Å². The van der Waals surface area contributed by atoms with Crippen molar-refractivity contribution in [2.24, 2.45) is 11.8 Å². The van der Waals surface area contributed by atoms with Gasteiger partial charge in [-0.2, -0.15) is 0 Å². The highest BCUT2D eigenvalue weighted by molar-refractivity contribution is 5.80. The first kappa shape index (κ1) is 24.7. The molecule has 196 valence electrons. The Balaban J connectivity index is 1.55. The lowest BCUT2D eigenvalue weighted by Crippen LogP contribution is -2.47. The number of ether oxygens (including phenoxy) is 2. The SMILES string of the molecule is CC1(C(CC(C(=O)O)C2(C)c3ccccc3Oc3ccccc32)C(=O)O)c2ccccc2Oc2ccccc21. The van der Waals surface area contributed by atoms with E-state index in [1.54, 1.807) is 0 Å². The number of hydrogen-bond acceptors (Lipinski definition) is 4. The van der Waals surface area contributed by atoms with Crippen molar-refractivity contribution >= 4 is 11.9 Å². The third-order valence-electron chi connectivity index (χ3n) is 8.69. The number of carboxylic acid groups (broad SMARTS) is 2. The predicted molar refractivity (Wildman–Crippen MR) is 146 cm³/mol. The maximum absolute atomic E-state index is 13.2. The normalized spacial score (nSPS) is 17.1. The van der Waals surface area contributed by atoms with Gasteiger partial charge in [0.15, 0.2) is 0 Å². The fraction of sp³-hybridized carbons (Fsp3) is 0.212. The lowest BCUT2D eigenvalue weighted by molar-refractivity contribution is -0.149. The lowest BCUT2D eigenvalue weighted by Gasteiger charge is -2.45. The monoisotopic (exact) mass is 520 g/mol. The van der Waals surface area contributed by atoms with E-state index in [-0.39, 0.29) is 6.42 Å². The summed E-state index contributed by atoms with van der Waals surface area (Å²) >= 11 is 0. The fourth-order valence-electron chi connectivity index (χ4n) is 6.62. The summed E-state index contributed by atoms with van der Waals surface area (Å²) in [4.78, 5) is 26.4. The molecule has 4 aromatic carbocycles. The molecule has 2 aliphatic rings. The smallest absolute Gasteiger partial charge is 0.307 e. The maximum atomic E-state index is 13.2. The molecule has 6 rings (SSSR count). The van der Waals surface area contributed by atoms with Crippen molar-refractivity contribution in [1.29, 1.82) is 0 Å². The molecular weight excluding hydrogens is 492 g/mol. The Bertz CT molecular complexity index is 1400. The van der Waals surface area contributed by atoms with Crippen LogP contribution in [0.2, 0.25) is 0 Å². The van der Waals surface area contributed by atoms with E-state index in [1.165, 1.54) is 0 Å². The van der Waals surface area contributed by atoms with E-state index in [0.717, 1.165) is 22.3 Å². The molecule has 0 saturated heterocycles. The van der Waals surface area contributed by atoms with Crippen molar-refractivity contribution in [3.05, 3.63) is 119 Å². The van der Waals surface area contributed by atoms with Crippen LogP contribution < -0.4 is 9.47 Å². The summed E-state index contributed by atoms with van der Waals surface area (Å²) < 4.78 is 12.3. The lowest BCUT2D eigenvalue weighted by atomic mass is 9.58. The molecular formula is C33H28O6. The first-order valence-electron chi connectivity index (χ1n) is 13.0. The molecule has 39 heavy (non-hydrogen) atoms. The molecule has 0 amide bonds. The summed E-state index contributed by atoms with van der Waals surface area (Å²) in [6, 6.07) is 29.6. The summed E-state index contributed by atoms with van der Waals surface area (Å²) in [6.45, 7) is 3.78. The van der Waals surface area contributed by atoms with Gasteiger partial charge in [-0.3, -0.25) is 9.59 Å². The van der Waals surface area contributed by atoms with Crippen molar-refractivity contribution < 1.29 is 29.3 Å². The van der Waals surface area contributed by atoms with Gasteiger partial charge < -0.3 is 19.7 Å². The van der Waals surface area contributed by atoms with Gasteiger partial charge in [-0.1, -0.05) is 86.6 Å². The topological polar surface area (TPSA) is 93.1 Å². The quantitative estimate of drug-likeness (QED) is 0.284. The largest absolute Gasteiger partial charge is 0.481 e. The highest BCUT2D eigenvalue weighted by Crippen LogP contribution is 2.57. The standard InChI is InChI=1S/C33H28O6/c1-32(20-11-3-7-15-26(20)38-27-16-8-4-12-21(27)32)24(30(34)35)19-25(31(36)37)33(2)22-13-5-9-17-28(22)39-29-18-10-6-14-23(29)33/h3-18,24-25H,19H2,1-2H3,(H,34,35)(H,36,37). The van der Waals surface area contributed by atoms with Crippen molar-refractivity contribution in [2.75, 3.05) is 0 Å². The Labute approximate surface area is 226 Å². The van der Waals surface area contributed by atoms with E-state index in [2.05, 4.69) is 0 Å². The average Bonchev–Trinajstić information content (AvgIpc) is 2.93. The Hall–Kier alpha value is -4.58. The number of carbonyl (C=O) groups is 2. The molecule has 2 aliphatic heterocycles. The van der Waals surface area contributed by atoms with E-state index in [9.17, 15) is 19.8 Å². The molecule has 0 saturated carbocycles. The van der Waals surface area contributed by atoms with Gasteiger partial charge in [0.25, 0.3) is 0 Å². The number of rotatable bonds is 6. The third-order valence-corrected chi connectivity index (χ3v) is 8.69. The molecule has 2 heterocycles. The van der Waals surface area contributed by atoms with Crippen LogP contribution in [-0.2, 0) is 20.4 Å². The molecule has 6 nitrogen and oxygen atoms in total. The molecule has 2 atom stereocenters. The zero-order valence-electron chi connectivity index (χ0n) is 21.6. The first-order chi connectivity index (χ1) is 18.8. The second-order valence-electron chi connectivity index (χ2n) is 10.6. The zero-order valence-corrected chi connectivity index (χ0v) is 21.6. The van der Waals surface area contributed by atoms with Crippen LogP contribution >= 0.6 is 0 Å². The Morgan fingerprint density at radius 2 is 0.821 bits per heavy atom. The Kier molecular flexibility index (Phi) is 5.72. The average molecular weight is 521 g/mol. The molecule has 0 radical (unpaired) electrons. The van der Waals surface area contributed by atoms with E-state index in [0.29, 0.717) is 23.0 Å². The van der Waals surface area contributed by atoms with Crippen molar-refractivity contribution in [2.45, 2.75) is 31.1 Å². The summed E-state index contributed by atoms with van der Waals surface area (Å²) in [6.07, 6.45) is -0.122. The highest BCUT2D eigenvalue weighted by Gasteiger charge is 2.54. The predicted octanol–water partition coefficient (Wildman–Crippen LogP) is 7.00. The van der Waals surface area contributed by atoms with Crippen LogP contribution in [0.5, 0.6) is 23.0 Å². The highest BCUT2D eigenvalue weighted by atomic mass is 16.5. The third kappa shape index (κ3) is 3.62. The molecule has 6 heteroatoms. The van der Waals surface area contributed by atoms with Gasteiger partial charge in [-0.25, -0.2) is 0 Å². The van der Waals surface area contributed by atoms with E-state index in [1.807, 2.05) is 111 Å². The number of benzene rings is 4. The fourth-order valence-corrected chi connectivity index (χ4v) is 6.62. The molecule has 0 aliphatic carbocycles. The van der Waals surface area contributed by atoms with Crippen LogP contribution in [0.4, 0.5) is 0 Å². The van der Waals surface area contributed by atoms with Crippen molar-refractivity contribution in [3.63, 3.8) is 0 Å². The minimum absolute atomic E-state index is 0.122. The van der Waals surface area contributed by atoms with Gasteiger partial charge in [0.1, 0.15) is 23.0 Å². The summed E-state index contributed by atoms with van der Waals surface area (Å²) in [5, 5.41) is 21.6. The number of fused-ring (bicyclic) bond motifs is 4. The summed E-state index contributed by atoms with van der Waals surface area (Å²) in [5.74, 6) is -1.99. The molecule has 0 fully saturated rings. The number of carboxylic acids is 2. The second kappa shape index (κ2) is 9.02. The molecule has 0 bridgehead atoms. The van der Waals surface area contributed by atoms with Gasteiger partial charge >= 0.3 is 11.9 Å². The van der Waals surface area contributed by atoms with Gasteiger partial charge in [0.2, 0.25) is 0 Å². The van der Waals surface area contributed by atoms with Gasteiger partial charge in [0.05, 0.1) is 11.8 Å². The van der Waals surface area contributed by atoms with Crippen LogP contribution in [0.25, 0.3) is 0 Å². The minimum atomic E-state index is -1.08. The van der Waals surface area contributed by atoms with Crippen LogP contribution in [0, 0.1) is 11.8 Å². The van der Waals surface area contributed by atoms with Crippen LogP contribution in [0.1, 0.15) is 42.5 Å². The maximum Gasteiger partial charge on any atom is 0.307 e. The van der Waals surface area contributed by atoms with Crippen LogP contribution in [-0.4, -0.2) is 22.2 Å². The van der Waals surface area contributed by atoms with E-state index >= 15 is 0 Å². The molecule has 4 aromatic rings. The molecule has 0 aromatic heterocycles. The Morgan fingerprint density at radius 1 is 0.564 bits per heavy atom. The second-order valence-corrected chi connectivity index (χ2v) is 10.6. The van der Waals surface area contributed by atoms with E-state index < -0.39 is 34.6 Å². The Morgan fingerprint density at radius 3 is 1.08 bits per heavy atom. The number of aliphatic carboxylic acids is 2. The van der Waals surface area contributed by atoms with Gasteiger partial charge in [-0.05, 0) is 30.7 Å².